The van der Waals surface area contributed by atoms with Gasteiger partial charge in [-0.1, -0.05) is 0 Å². The zero-order chi connectivity index (χ0) is 14.2. The fourth-order valence-corrected chi connectivity index (χ4v) is 2.39. The van der Waals surface area contributed by atoms with Gasteiger partial charge in [-0.15, -0.1) is 0 Å². The summed E-state index contributed by atoms with van der Waals surface area (Å²) in [5.41, 5.74) is 0. The maximum Gasteiger partial charge on any atom is 0.123 e. The largest absolute Gasteiger partial charge is 0.494 e. The fourth-order valence-electron chi connectivity index (χ4n) is 2.39. The zero-order valence-corrected chi connectivity index (χ0v) is 11.9. The highest BCUT2D eigenvalue weighted by molar-refractivity contribution is 5.21. The minimum atomic E-state index is -0.240. The van der Waals surface area contributed by atoms with E-state index in [0.717, 1.165) is 32.5 Å². The molecule has 1 heterocycles. The molecule has 20 heavy (non-hydrogen) atoms. The molecule has 5 heteroatoms. The molecule has 1 aromatic carbocycles. The standard InChI is InChI=1S/C15H23FN2O2/c1-19-15-11-17-9-7-14(15)18-8-2-10-20-13-5-3-12(16)4-6-13/h3-6,14-15,17-18H,2,7-11H2,1H3. The van der Waals surface area contributed by atoms with Crippen molar-refractivity contribution >= 4 is 0 Å². The highest BCUT2D eigenvalue weighted by Gasteiger charge is 2.23. The Morgan fingerprint density at radius 1 is 1.35 bits per heavy atom. The Balaban J connectivity index is 1.60. The fraction of sp³-hybridized carbons (Fsp3) is 0.600. The van der Waals surface area contributed by atoms with Crippen LogP contribution in [0.5, 0.6) is 5.75 Å². The van der Waals surface area contributed by atoms with Gasteiger partial charge >= 0.3 is 0 Å². The lowest BCUT2D eigenvalue weighted by Gasteiger charge is -2.31. The number of methoxy groups -OCH3 is 1. The summed E-state index contributed by atoms with van der Waals surface area (Å²) in [5, 5.41) is 6.84. The summed E-state index contributed by atoms with van der Waals surface area (Å²) >= 11 is 0. The second-order valence-corrected chi connectivity index (χ2v) is 4.98. The Kier molecular flexibility index (Phi) is 6.24. The lowest BCUT2D eigenvalue weighted by molar-refractivity contribution is 0.0515. The number of ether oxygens (including phenoxy) is 2. The molecule has 1 saturated heterocycles. The minimum Gasteiger partial charge on any atom is -0.494 e. The molecule has 4 nitrogen and oxygen atoms in total. The number of piperidine rings is 1. The van der Waals surface area contributed by atoms with Gasteiger partial charge in [-0.05, 0) is 50.2 Å². The highest BCUT2D eigenvalue weighted by Crippen LogP contribution is 2.11. The van der Waals surface area contributed by atoms with Gasteiger partial charge in [-0.2, -0.15) is 0 Å². The maximum atomic E-state index is 12.7. The van der Waals surface area contributed by atoms with Gasteiger partial charge in [0.25, 0.3) is 0 Å². The summed E-state index contributed by atoms with van der Waals surface area (Å²) in [5.74, 6) is 0.471. The van der Waals surface area contributed by atoms with Crippen LogP contribution in [0.15, 0.2) is 24.3 Å². The van der Waals surface area contributed by atoms with Crippen molar-refractivity contribution in [2.45, 2.75) is 25.0 Å². The van der Waals surface area contributed by atoms with Gasteiger partial charge in [0.1, 0.15) is 11.6 Å². The van der Waals surface area contributed by atoms with E-state index in [1.807, 2.05) is 0 Å². The molecule has 0 saturated carbocycles. The number of rotatable bonds is 7. The van der Waals surface area contributed by atoms with Crippen LogP contribution in [0.4, 0.5) is 4.39 Å². The summed E-state index contributed by atoms with van der Waals surface area (Å²) in [6.07, 6.45) is 2.23. The molecule has 1 aliphatic rings. The minimum absolute atomic E-state index is 0.238. The molecular weight excluding hydrogens is 259 g/mol. The quantitative estimate of drug-likeness (QED) is 0.745. The molecule has 1 aromatic rings. The average molecular weight is 282 g/mol. The maximum absolute atomic E-state index is 12.7. The zero-order valence-electron chi connectivity index (χ0n) is 11.9. The van der Waals surface area contributed by atoms with Crippen LogP contribution in [0.25, 0.3) is 0 Å². The number of hydrogen-bond acceptors (Lipinski definition) is 4. The second-order valence-electron chi connectivity index (χ2n) is 4.98. The first kappa shape index (κ1) is 15.2. The third-order valence-electron chi connectivity index (χ3n) is 3.54. The Bertz CT molecular complexity index is 386. The van der Waals surface area contributed by atoms with Crippen molar-refractivity contribution in [3.8, 4) is 5.75 Å². The molecule has 112 valence electrons. The Morgan fingerprint density at radius 3 is 2.90 bits per heavy atom. The smallest absolute Gasteiger partial charge is 0.123 e. The molecular formula is C15H23FN2O2. The van der Waals surface area contributed by atoms with Crippen molar-refractivity contribution in [3.05, 3.63) is 30.1 Å². The van der Waals surface area contributed by atoms with Crippen LogP contribution in [0.3, 0.4) is 0 Å². The Morgan fingerprint density at radius 2 is 2.15 bits per heavy atom. The number of nitrogens with one attached hydrogen (secondary N) is 2. The van der Waals surface area contributed by atoms with Crippen LogP contribution >= 0.6 is 0 Å². The van der Waals surface area contributed by atoms with Gasteiger partial charge in [0.05, 0.1) is 12.7 Å². The molecule has 0 bridgehead atoms. The van der Waals surface area contributed by atoms with Crippen LogP contribution in [0, 0.1) is 5.82 Å². The van der Waals surface area contributed by atoms with Crippen molar-refractivity contribution in [1.82, 2.24) is 10.6 Å². The molecule has 0 aliphatic carbocycles. The van der Waals surface area contributed by atoms with E-state index in [0.29, 0.717) is 18.4 Å². The molecule has 2 N–H and O–H groups in total. The lowest BCUT2D eigenvalue weighted by Crippen LogP contribution is -2.52. The average Bonchev–Trinajstić information content (AvgIpc) is 2.49. The number of hydrogen-bond donors (Lipinski definition) is 2. The molecule has 2 unspecified atom stereocenters. The van der Waals surface area contributed by atoms with E-state index in [2.05, 4.69) is 10.6 Å². The van der Waals surface area contributed by atoms with Gasteiger partial charge in [-0.25, -0.2) is 4.39 Å². The number of benzene rings is 1. The van der Waals surface area contributed by atoms with Crippen molar-refractivity contribution in [2.24, 2.45) is 0 Å². The van der Waals surface area contributed by atoms with E-state index in [-0.39, 0.29) is 11.9 Å². The van der Waals surface area contributed by atoms with Crippen molar-refractivity contribution in [3.63, 3.8) is 0 Å². The van der Waals surface area contributed by atoms with Crippen LogP contribution in [0.2, 0.25) is 0 Å². The Labute approximate surface area is 119 Å². The van der Waals surface area contributed by atoms with E-state index in [1.54, 1.807) is 19.2 Å². The molecule has 0 aromatic heterocycles. The van der Waals surface area contributed by atoms with E-state index >= 15 is 0 Å². The highest BCUT2D eigenvalue weighted by atomic mass is 19.1. The summed E-state index contributed by atoms with van der Waals surface area (Å²) < 4.78 is 23.7. The summed E-state index contributed by atoms with van der Waals surface area (Å²) in [6, 6.07) is 6.53. The third-order valence-corrected chi connectivity index (χ3v) is 3.54. The van der Waals surface area contributed by atoms with E-state index in [9.17, 15) is 4.39 Å². The van der Waals surface area contributed by atoms with E-state index < -0.39 is 0 Å². The monoisotopic (exact) mass is 282 g/mol. The van der Waals surface area contributed by atoms with Gasteiger partial charge < -0.3 is 20.1 Å². The third kappa shape index (κ3) is 4.74. The molecule has 0 spiro atoms. The first-order valence-electron chi connectivity index (χ1n) is 7.15. The van der Waals surface area contributed by atoms with Crippen LogP contribution in [-0.4, -0.2) is 45.5 Å². The predicted molar refractivity (Wildman–Crippen MR) is 76.6 cm³/mol. The normalized spacial score (nSPS) is 22.7. The van der Waals surface area contributed by atoms with Gasteiger partial charge in [0, 0.05) is 19.7 Å². The van der Waals surface area contributed by atoms with Crippen LogP contribution < -0.4 is 15.4 Å². The molecule has 2 rings (SSSR count). The molecule has 2 atom stereocenters. The lowest BCUT2D eigenvalue weighted by atomic mass is 10.0. The number of halogens is 1. The predicted octanol–water partition coefficient (Wildman–Crippen LogP) is 1.56. The van der Waals surface area contributed by atoms with Crippen LogP contribution in [-0.2, 0) is 4.74 Å². The summed E-state index contributed by atoms with van der Waals surface area (Å²) in [7, 11) is 1.75. The first-order valence-corrected chi connectivity index (χ1v) is 7.15. The molecule has 0 amide bonds. The van der Waals surface area contributed by atoms with Crippen molar-refractivity contribution in [2.75, 3.05) is 33.4 Å². The molecule has 1 fully saturated rings. The van der Waals surface area contributed by atoms with Crippen molar-refractivity contribution in [1.29, 1.82) is 0 Å². The molecule has 1 aliphatic heterocycles. The van der Waals surface area contributed by atoms with Gasteiger partial charge in [0.2, 0.25) is 0 Å². The van der Waals surface area contributed by atoms with Gasteiger partial charge in [-0.3, -0.25) is 0 Å². The van der Waals surface area contributed by atoms with Gasteiger partial charge in [0.15, 0.2) is 0 Å². The van der Waals surface area contributed by atoms with E-state index in [1.165, 1.54) is 12.1 Å². The first-order chi connectivity index (χ1) is 9.79. The summed E-state index contributed by atoms with van der Waals surface area (Å²) in [6.45, 7) is 3.46. The summed E-state index contributed by atoms with van der Waals surface area (Å²) in [4.78, 5) is 0. The Hall–Kier alpha value is -1.17. The molecule has 0 radical (unpaired) electrons. The topological polar surface area (TPSA) is 42.5 Å². The second kappa shape index (κ2) is 8.19. The SMILES string of the molecule is COC1CNCCC1NCCCOc1ccc(F)cc1. The van der Waals surface area contributed by atoms with Crippen LogP contribution in [0.1, 0.15) is 12.8 Å². The van der Waals surface area contributed by atoms with E-state index in [4.69, 9.17) is 9.47 Å². The van der Waals surface area contributed by atoms with Crippen molar-refractivity contribution < 1.29 is 13.9 Å².